The van der Waals surface area contributed by atoms with E-state index in [-0.39, 0.29) is 5.54 Å². The first-order chi connectivity index (χ1) is 18.5. The Morgan fingerprint density at radius 2 is 1.82 bits per heavy atom. The van der Waals surface area contributed by atoms with E-state index in [0.29, 0.717) is 0 Å². The second-order valence-electron chi connectivity index (χ2n) is 11.6. The normalized spacial score (nSPS) is 21.8. The van der Waals surface area contributed by atoms with Gasteiger partial charge in [0.15, 0.2) is 0 Å². The quantitative estimate of drug-likeness (QED) is 0.373. The standard InChI is InChI=1S/C32H40N6/c1-23-11-15-38(16-12-23)31-10-8-28(21-34-31)35-24(2)32(3)29-18-26(7-9-30(29)36-32)27-17-25(19-33-20-27)22-37-13-5-4-6-14-37/h7-10,17-21,23,35-36H,2,4-6,11-16,22H2,1,3H3. The van der Waals surface area contributed by atoms with Crippen LogP contribution in [0.1, 0.15) is 57.1 Å². The average molecular weight is 509 g/mol. The highest BCUT2D eigenvalue weighted by Crippen LogP contribution is 2.47. The number of hydrogen-bond acceptors (Lipinski definition) is 6. The molecule has 0 radical (unpaired) electrons. The molecule has 5 heterocycles. The van der Waals surface area contributed by atoms with Gasteiger partial charge in [0.1, 0.15) is 11.4 Å². The van der Waals surface area contributed by atoms with E-state index in [9.17, 15) is 0 Å². The summed E-state index contributed by atoms with van der Waals surface area (Å²) in [4.78, 5) is 14.3. The molecule has 2 saturated heterocycles. The number of rotatable bonds is 7. The third kappa shape index (κ3) is 5.02. The molecule has 3 aromatic rings. The number of aromatic nitrogens is 2. The van der Waals surface area contributed by atoms with Gasteiger partial charge in [-0.25, -0.2) is 4.98 Å². The number of likely N-dealkylation sites (tertiary alicyclic amines) is 1. The van der Waals surface area contributed by atoms with Crippen LogP contribution in [0.25, 0.3) is 11.1 Å². The first-order valence-corrected chi connectivity index (χ1v) is 14.2. The third-order valence-electron chi connectivity index (χ3n) is 8.68. The maximum atomic E-state index is 4.75. The molecule has 0 amide bonds. The zero-order valence-corrected chi connectivity index (χ0v) is 22.8. The first kappa shape index (κ1) is 24.9. The van der Waals surface area contributed by atoms with Crippen molar-refractivity contribution >= 4 is 17.2 Å². The Morgan fingerprint density at radius 3 is 2.58 bits per heavy atom. The minimum absolute atomic E-state index is 0.355. The minimum Gasteiger partial charge on any atom is -0.370 e. The SMILES string of the molecule is C=C(Nc1ccc(N2CCC(C)CC2)nc1)C1(C)Nc2ccc(-c3cncc(CN4CCCCC4)c3)cc21. The Morgan fingerprint density at radius 1 is 1.00 bits per heavy atom. The molecule has 38 heavy (non-hydrogen) atoms. The van der Waals surface area contributed by atoms with Crippen LogP contribution < -0.4 is 15.5 Å². The average Bonchev–Trinajstić information content (AvgIpc) is 2.94. The highest BCUT2D eigenvalue weighted by molar-refractivity contribution is 5.77. The molecule has 0 spiro atoms. The molecule has 1 atom stereocenters. The number of nitrogens with zero attached hydrogens (tertiary/aromatic N) is 4. The van der Waals surface area contributed by atoms with E-state index in [4.69, 9.17) is 4.98 Å². The van der Waals surface area contributed by atoms with Gasteiger partial charge in [-0.2, -0.15) is 0 Å². The largest absolute Gasteiger partial charge is 0.370 e. The number of hydrogen-bond donors (Lipinski definition) is 2. The van der Waals surface area contributed by atoms with Gasteiger partial charge in [0.25, 0.3) is 0 Å². The Labute approximate surface area is 227 Å². The molecular weight excluding hydrogens is 468 g/mol. The van der Waals surface area contributed by atoms with Crippen molar-refractivity contribution in [1.82, 2.24) is 14.9 Å². The van der Waals surface area contributed by atoms with Crippen molar-refractivity contribution in [1.29, 1.82) is 0 Å². The van der Waals surface area contributed by atoms with Gasteiger partial charge in [0, 0.05) is 54.5 Å². The highest BCUT2D eigenvalue weighted by Gasteiger charge is 2.41. The highest BCUT2D eigenvalue weighted by atomic mass is 15.2. The molecule has 2 N–H and O–H groups in total. The summed E-state index contributed by atoms with van der Waals surface area (Å²) in [5.41, 5.74) is 7.58. The Hall–Kier alpha value is -3.38. The van der Waals surface area contributed by atoms with E-state index in [0.717, 1.165) is 48.4 Å². The molecule has 6 rings (SSSR count). The number of pyridine rings is 2. The lowest BCUT2D eigenvalue weighted by atomic mass is 9.79. The Balaban J connectivity index is 1.14. The van der Waals surface area contributed by atoms with E-state index >= 15 is 0 Å². The molecular formula is C32H40N6. The predicted octanol–water partition coefficient (Wildman–Crippen LogP) is 6.63. The third-order valence-corrected chi connectivity index (χ3v) is 8.68. The van der Waals surface area contributed by atoms with Crippen LogP contribution >= 0.6 is 0 Å². The molecule has 0 saturated carbocycles. The zero-order valence-electron chi connectivity index (χ0n) is 22.8. The molecule has 6 heteroatoms. The van der Waals surface area contributed by atoms with Crippen LogP contribution in [-0.4, -0.2) is 41.0 Å². The van der Waals surface area contributed by atoms with Crippen molar-refractivity contribution in [3.8, 4) is 11.1 Å². The van der Waals surface area contributed by atoms with Crippen LogP contribution in [0.5, 0.6) is 0 Å². The van der Waals surface area contributed by atoms with Crippen molar-refractivity contribution in [3.63, 3.8) is 0 Å². The number of benzene rings is 1. The fourth-order valence-electron chi connectivity index (χ4n) is 6.05. The second kappa shape index (κ2) is 10.4. The molecule has 1 aromatic carbocycles. The fourth-order valence-corrected chi connectivity index (χ4v) is 6.05. The summed E-state index contributed by atoms with van der Waals surface area (Å²) in [7, 11) is 0. The first-order valence-electron chi connectivity index (χ1n) is 14.2. The molecule has 3 aliphatic heterocycles. The molecule has 198 valence electrons. The summed E-state index contributed by atoms with van der Waals surface area (Å²) < 4.78 is 0. The van der Waals surface area contributed by atoms with E-state index in [1.807, 2.05) is 18.6 Å². The van der Waals surface area contributed by atoms with E-state index < -0.39 is 0 Å². The van der Waals surface area contributed by atoms with Crippen LogP contribution in [0.4, 0.5) is 17.2 Å². The van der Waals surface area contributed by atoms with E-state index in [1.165, 1.54) is 67.4 Å². The topological polar surface area (TPSA) is 56.3 Å². The lowest BCUT2D eigenvalue weighted by Crippen LogP contribution is -2.44. The molecule has 2 fully saturated rings. The van der Waals surface area contributed by atoms with Gasteiger partial charge in [-0.1, -0.05) is 26.0 Å². The van der Waals surface area contributed by atoms with Gasteiger partial charge in [-0.05, 0) is 93.1 Å². The van der Waals surface area contributed by atoms with Gasteiger partial charge in [-0.3, -0.25) is 9.88 Å². The number of nitrogens with one attached hydrogen (secondary N) is 2. The molecule has 6 nitrogen and oxygen atoms in total. The van der Waals surface area contributed by atoms with Crippen LogP contribution in [0.3, 0.4) is 0 Å². The van der Waals surface area contributed by atoms with E-state index in [1.54, 1.807) is 0 Å². The van der Waals surface area contributed by atoms with Gasteiger partial charge in [-0.15, -0.1) is 0 Å². The number of fused-ring (bicyclic) bond motifs is 1. The monoisotopic (exact) mass is 508 g/mol. The molecule has 0 aliphatic carbocycles. The van der Waals surface area contributed by atoms with Gasteiger partial charge in [0.2, 0.25) is 0 Å². The Kier molecular flexibility index (Phi) is 6.83. The van der Waals surface area contributed by atoms with Gasteiger partial charge in [0.05, 0.1) is 11.9 Å². The fraction of sp³-hybridized carbons (Fsp3) is 0.438. The van der Waals surface area contributed by atoms with Gasteiger partial charge >= 0.3 is 0 Å². The summed E-state index contributed by atoms with van der Waals surface area (Å²) in [6.07, 6.45) is 12.4. The van der Waals surface area contributed by atoms with Crippen molar-refractivity contribution in [2.75, 3.05) is 41.7 Å². The molecule has 3 aliphatic rings. The van der Waals surface area contributed by atoms with Crippen molar-refractivity contribution in [3.05, 3.63) is 78.4 Å². The lowest BCUT2D eigenvalue weighted by molar-refractivity contribution is 0.220. The summed E-state index contributed by atoms with van der Waals surface area (Å²) >= 11 is 0. The lowest BCUT2D eigenvalue weighted by Gasteiger charge is -2.45. The van der Waals surface area contributed by atoms with Crippen LogP contribution in [0.15, 0.2) is 67.3 Å². The van der Waals surface area contributed by atoms with Gasteiger partial charge < -0.3 is 15.5 Å². The predicted molar refractivity (Wildman–Crippen MR) is 157 cm³/mol. The molecule has 0 bridgehead atoms. The summed E-state index contributed by atoms with van der Waals surface area (Å²) in [5.74, 6) is 1.88. The smallest absolute Gasteiger partial charge is 0.128 e. The number of anilines is 3. The van der Waals surface area contributed by atoms with Crippen LogP contribution in [-0.2, 0) is 12.1 Å². The second-order valence-corrected chi connectivity index (χ2v) is 11.6. The van der Waals surface area contributed by atoms with E-state index in [2.05, 4.69) is 82.2 Å². The minimum atomic E-state index is -0.355. The maximum absolute atomic E-state index is 4.75. The Bertz CT molecular complexity index is 1290. The maximum Gasteiger partial charge on any atom is 0.128 e. The summed E-state index contributed by atoms with van der Waals surface area (Å²) in [5, 5.41) is 7.14. The van der Waals surface area contributed by atoms with Crippen molar-refractivity contribution in [2.45, 2.75) is 58.0 Å². The molecule has 2 aromatic heterocycles. The zero-order chi connectivity index (χ0) is 26.1. The summed E-state index contributed by atoms with van der Waals surface area (Å²) in [6, 6.07) is 13.2. The number of piperidine rings is 2. The van der Waals surface area contributed by atoms with Crippen molar-refractivity contribution < 1.29 is 0 Å². The van der Waals surface area contributed by atoms with Crippen molar-refractivity contribution in [2.24, 2.45) is 5.92 Å². The molecule has 1 unspecified atom stereocenters. The van der Waals surface area contributed by atoms with Crippen LogP contribution in [0.2, 0.25) is 0 Å². The summed E-state index contributed by atoms with van der Waals surface area (Å²) in [6.45, 7) is 14.5. The van der Waals surface area contributed by atoms with Crippen LogP contribution in [0, 0.1) is 5.92 Å².